The maximum absolute atomic E-state index is 12.0. The van der Waals surface area contributed by atoms with Crippen molar-refractivity contribution < 1.29 is 18.8 Å². The van der Waals surface area contributed by atoms with Gasteiger partial charge in [-0.25, -0.2) is 4.79 Å². The zero-order chi connectivity index (χ0) is 21.1. The highest BCUT2D eigenvalue weighted by atomic mass is 35.5. The van der Waals surface area contributed by atoms with Gasteiger partial charge >= 0.3 is 5.97 Å². The molecular formula is C17H9Cl5N2O4S. The highest BCUT2D eigenvalue weighted by molar-refractivity contribution is 7.12. The van der Waals surface area contributed by atoms with Crippen molar-refractivity contribution in [3.05, 3.63) is 71.2 Å². The topological polar surface area (TPSA) is 87.1 Å². The first-order chi connectivity index (χ1) is 13.8. The molecule has 12 heteroatoms. The Balaban J connectivity index is 1.67. The SMILES string of the molecule is N/C(=N\OC(=O)c1ccc(COc2c(Cl)c(Cl)c(Cl)c(Cl)c2Cl)o1)c1cccs1. The van der Waals surface area contributed by atoms with Gasteiger partial charge in [-0.1, -0.05) is 69.2 Å². The summed E-state index contributed by atoms with van der Waals surface area (Å²) in [6.07, 6.45) is 0. The van der Waals surface area contributed by atoms with E-state index in [4.69, 9.17) is 77.7 Å². The van der Waals surface area contributed by atoms with E-state index < -0.39 is 5.97 Å². The lowest BCUT2D eigenvalue weighted by Gasteiger charge is -2.12. The van der Waals surface area contributed by atoms with Crippen LogP contribution in [0.25, 0.3) is 0 Å². The van der Waals surface area contributed by atoms with E-state index in [0.29, 0.717) is 4.88 Å². The molecule has 2 N–H and O–H groups in total. The van der Waals surface area contributed by atoms with E-state index in [9.17, 15) is 4.79 Å². The summed E-state index contributed by atoms with van der Waals surface area (Å²) in [6, 6.07) is 6.43. The smallest absolute Gasteiger partial charge is 0.400 e. The molecule has 6 nitrogen and oxygen atoms in total. The fourth-order valence-corrected chi connectivity index (χ4v) is 3.87. The molecule has 0 atom stereocenters. The van der Waals surface area contributed by atoms with Crippen LogP contribution < -0.4 is 10.5 Å². The maximum Gasteiger partial charge on any atom is 0.400 e. The molecule has 0 bridgehead atoms. The van der Waals surface area contributed by atoms with Crippen LogP contribution in [0.3, 0.4) is 0 Å². The molecule has 0 saturated carbocycles. The molecular weight excluding hydrogens is 506 g/mol. The van der Waals surface area contributed by atoms with Gasteiger partial charge in [0.15, 0.2) is 11.6 Å². The lowest BCUT2D eigenvalue weighted by atomic mass is 10.3. The van der Waals surface area contributed by atoms with Crippen molar-refractivity contribution in [2.24, 2.45) is 10.9 Å². The van der Waals surface area contributed by atoms with Crippen LogP contribution in [0.1, 0.15) is 21.2 Å². The summed E-state index contributed by atoms with van der Waals surface area (Å²) in [4.78, 5) is 17.5. The fraction of sp³-hybridized carbons (Fsp3) is 0.0588. The molecule has 3 aromatic rings. The predicted octanol–water partition coefficient (Wildman–Crippen LogP) is 6.66. The van der Waals surface area contributed by atoms with Crippen molar-refractivity contribution >= 4 is 81.1 Å². The predicted molar refractivity (Wildman–Crippen MR) is 115 cm³/mol. The number of carbonyl (C=O) groups excluding carboxylic acids is 1. The summed E-state index contributed by atoms with van der Waals surface area (Å²) in [5.41, 5.74) is 5.72. The third-order valence-electron chi connectivity index (χ3n) is 3.39. The van der Waals surface area contributed by atoms with Crippen molar-refractivity contribution in [3.8, 4) is 5.75 Å². The average Bonchev–Trinajstić information content (AvgIpc) is 3.41. The average molecular weight is 515 g/mol. The van der Waals surface area contributed by atoms with Crippen molar-refractivity contribution in [1.29, 1.82) is 0 Å². The van der Waals surface area contributed by atoms with Gasteiger partial charge in [0, 0.05) is 0 Å². The van der Waals surface area contributed by atoms with Crippen LogP contribution in [-0.4, -0.2) is 11.8 Å². The standard InChI is InChI=1S/C17H9Cl5N2O4S/c18-10-11(19)13(21)15(14(22)12(10)20)26-6-7-3-4-8(27-7)17(25)28-24-16(23)9-2-1-5-29-9/h1-5H,6H2,(H2,23,24). The number of halogens is 5. The first kappa shape index (κ1) is 22.1. The Morgan fingerprint density at radius 1 is 1.03 bits per heavy atom. The monoisotopic (exact) mass is 512 g/mol. The van der Waals surface area contributed by atoms with Crippen molar-refractivity contribution in [1.82, 2.24) is 0 Å². The highest BCUT2D eigenvalue weighted by Gasteiger charge is 2.21. The number of oxime groups is 1. The number of hydrogen-bond donors (Lipinski definition) is 1. The first-order valence-corrected chi connectivity index (χ1v) is 10.4. The second-order valence-electron chi connectivity index (χ2n) is 5.29. The Morgan fingerprint density at radius 2 is 1.69 bits per heavy atom. The summed E-state index contributed by atoms with van der Waals surface area (Å²) >= 11 is 31.5. The number of ether oxygens (including phenoxy) is 1. The molecule has 0 amide bonds. The van der Waals surface area contributed by atoms with Crippen LogP contribution in [0.5, 0.6) is 5.75 Å². The molecule has 0 fully saturated rings. The van der Waals surface area contributed by atoms with Crippen molar-refractivity contribution in [2.45, 2.75) is 6.61 Å². The molecule has 29 heavy (non-hydrogen) atoms. The summed E-state index contributed by atoms with van der Waals surface area (Å²) < 4.78 is 10.9. The van der Waals surface area contributed by atoms with Crippen LogP contribution in [0.2, 0.25) is 25.1 Å². The maximum atomic E-state index is 12.0. The number of thiophene rings is 1. The van der Waals surface area contributed by atoms with Gasteiger partial charge in [-0.3, -0.25) is 0 Å². The second kappa shape index (κ2) is 9.47. The van der Waals surface area contributed by atoms with Crippen LogP contribution in [0.4, 0.5) is 0 Å². The molecule has 0 aliphatic heterocycles. The van der Waals surface area contributed by atoms with E-state index >= 15 is 0 Å². The minimum absolute atomic E-state index is 0.00244. The van der Waals surface area contributed by atoms with E-state index in [1.54, 1.807) is 12.1 Å². The lowest BCUT2D eigenvalue weighted by Crippen LogP contribution is -2.13. The zero-order valence-corrected chi connectivity index (χ0v) is 18.6. The van der Waals surface area contributed by atoms with E-state index in [2.05, 4.69) is 5.16 Å². The number of nitrogens with zero attached hydrogens (tertiary/aromatic N) is 1. The minimum atomic E-state index is -0.829. The highest BCUT2D eigenvalue weighted by Crippen LogP contribution is 2.48. The molecule has 0 spiro atoms. The van der Waals surface area contributed by atoms with E-state index in [-0.39, 0.29) is 54.8 Å². The number of hydrogen-bond acceptors (Lipinski definition) is 6. The molecule has 0 aliphatic carbocycles. The normalized spacial score (nSPS) is 11.6. The Kier molecular flexibility index (Phi) is 7.21. The van der Waals surface area contributed by atoms with Crippen LogP contribution in [0, 0.1) is 0 Å². The molecule has 152 valence electrons. The second-order valence-corrected chi connectivity index (χ2v) is 8.12. The van der Waals surface area contributed by atoms with Gasteiger partial charge in [0.05, 0.1) is 19.9 Å². The number of benzene rings is 1. The largest absolute Gasteiger partial charge is 0.482 e. The van der Waals surface area contributed by atoms with Crippen molar-refractivity contribution in [2.75, 3.05) is 0 Å². The molecule has 0 aliphatic rings. The third kappa shape index (κ3) is 4.94. The summed E-state index contributed by atoms with van der Waals surface area (Å²) in [6.45, 7) is -0.123. The Bertz CT molecular complexity index is 1050. The summed E-state index contributed by atoms with van der Waals surface area (Å²) in [5.74, 6) is -0.549. The first-order valence-electron chi connectivity index (χ1n) is 7.61. The fourth-order valence-electron chi connectivity index (χ4n) is 2.02. The zero-order valence-electron chi connectivity index (χ0n) is 14.0. The van der Waals surface area contributed by atoms with Gasteiger partial charge in [0.2, 0.25) is 5.76 Å². The number of nitrogens with two attached hydrogens (primary N) is 1. The molecule has 0 radical (unpaired) electrons. The minimum Gasteiger partial charge on any atom is -0.482 e. The Labute approximate surface area is 193 Å². The molecule has 2 aromatic heterocycles. The van der Waals surface area contributed by atoms with Gasteiger partial charge < -0.3 is 19.7 Å². The number of rotatable bonds is 6. The molecule has 2 heterocycles. The number of carbonyl (C=O) groups is 1. The van der Waals surface area contributed by atoms with Crippen LogP contribution in [0.15, 0.2) is 39.2 Å². The van der Waals surface area contributed by atoms with Gasteiger partial charge in [-0.05, 0) is 23.6 Å². The number of furan rings is 1. The van der Waals surface area contributed by atoms with E-state index in [1.807, 2.05) is 5.38 Å². The van der Waals surface area contributed by atoms with Crippen molar-refractivity contribution in [3.63, 3.8) is 0 Å². The van der Waals surface area contributed by atoms with Crippen LogP contribution in [-0.2, 0) is 11.4 Å². The van der Waals surface area contributed by atoms with Gasteiger partial charge in [-0.2, -0.15) is 0 Å². The quantitative estimate of drug-likeness (QED) is 0.0992. The van der Waals surface area contributed by atoms with Gasteiger partial charge in [0.1, 0.15) is 22.4 Å². The van der Waals surface area contributed by atoms with E-state index in [1.165, 1.54) is 23.5 Å². The van der Waals surface area contributed by atoms with Crippen LogP contribution >= 0.6 is 69.3 Å². The van der Waals surface area contributed by atoms with Gasteiger partial charge in [0.25, 0.3) is 0 Å². The third-order valence-corrected chi connectivity index (χ3v) is 6.53. The lowest BCUT2D eigenvalue weighted by molar-refractivity contribution is 0.0475. The summed E-state index contributed by atoms with van der Waals surface area (Å²) in [7, 11) is 0. The molecule has 3 rings (SSSR count). The van der Waals surface area contributed by atoms with E-state index in [0.717, 1.165) is 0 Å². The Hall–Kier alpha value is -1.61. The Morgan fingerprint density at radius 3 is 2.31 bits per heavy atom. The summed E-state index contributed by atoms with van der Waals surface area (Å²) in [5, 5.41) is 5.41. The number of amidine groups is 1. The molecule has 0 unspecified atom stereocenters. The van der Waals surface area contributed by atoms with Gasteiger partial charge in [-0.15, -0.1) is 11.3 Å². The molecule has 1 aromatic carbocycles. The molecule has 0 saturated heterocycles.